The molecule has 0 saturated heterocycles. The third-order valence-electron chi connectivity index (χ3n) is 4.10. The van der Waals surface area contributed by atoms with Gasteiger partial charge in [-0.1, -0.05) is 18.9 Å². The van der Waals surface area contributed by atoms with Crippen molar-refractivity contribution in [1.82, 2.24) is 0 Å². The topological polar surface area (TPSA) is 112 Å². The van der Waals surface area contributed by atoms with Crippen LogP contribution in [0.2, 0.25) is 0 Å². The van der Waals surface area contributed by atoms with Crippen LogP contribution < -0.4 is 10.4 Å². The van der Waals surface area contributed by atoms with Crippen molar-refractivity contribution in [3.63, 3.8) is 0 Å². The number of aliphatic carboxylic acids is 1. The van der Waals surface area contributed by atoms with Crippen molar-refractivity contribution in [2.45, 2.75) is 32.6 Å². The van der Waals surface area contributed by atoms with E-state index in [0.29, 0.717) is 24.1 Å². The lowest BCUT2D eigenvalue weighted by atomic mass is 9.78. The fourth-order valence-corrected chi connectivity index (χ4v) is 2.81. The molecule has 1 N–H and O–H groups in total. The van der Waals surface area contributed by atoms with Crippen LogP contribution in [0, 0.1) is 28.9 Å². The molecule has 22 heavy (non-hydrogen) atoms. The van der Waals surface area contributed by atoms with E-state index in [0.717, 1.165) is 12.8 Å². The van der Waals surface area contributed by atoms with Crippen LogP contribution in [-0.2, 0) is 9.59 Å². The number of non-ortho nitro benzene ring substituents is 1. The van der Waals surface area contributed by atoms with Crippen molar-refractivity contribution >= 4 is 23.3 Å². The molecule has 1 fully saturated rings. The van der Waals surface area contributed by atoms with Crippen LogP contribution in [-0.4, -0.2) is 16.8 Å². The zero-order chi connectivity index (χ0) is 16.3. The van der Waals surface area contributed by atoms with Gasteiger partial charge in [-0.05, 0) is 25.3 Å². The first kappa shape index (κ1) is 15.9. The third-order valence-corrected chi connectivity index (χ3v) is 4.10. The van der Waals surface area contributed by atoms with Crippen molar-refractivity contribution in [2.75, 3.05) is 5.32 Å². The highest BCUT2D eigenvalue weighted by atomic mass is 16.6. The molecule has 7 nitrogen and oxygen atoms in total. The highest BCUT2D eigenvalue weighted by Gasteiger charge is 2.32. The van der Waals surface area contributed by atoms with E-state index in [1.807, 2.05) is 0 Å². The summed E-state index contributed by atoms with van der Waals surface area (Å²) in [4.78, 5) is 33.8. The molecule has 0 radical (unpaired) electrons. The Bertz CT molecular complexity index is 614. The van der Waals surface area contributed by atoms with Crippen molar-refractivity contribution in [3.8, 4) is 0 Å². The lowest BCUT2D eigenvalue weighted by Gasteiger charge is -2.31. The van der Waals surface area contributed by atoms with Crippen molar-refractivity contribution < 1.29 is 19.6 Å². The highest BCUT2D eigenvalue weighted by Crippen LogP contribution is 2.31. The summed E-state index contributed by atoms with van der Waals surface area (Å²) >= 11 is 0. The van der Waals surface area contributed by atoms with Gasteiger partial charge in [0.15, 0.2) is 0 Å². The van der Waals surface area contributed by atoms with E-state index in [-0.39, 0.29) is 5.69 Å². The van der Waals surface area contributed by atoms with Crippen LogP contribution in [0.1, 0.15) is 31.2 Å². The molecule has 0 aliphatic heterocycles. The van der Waals surface area contributed by atoms with Gasteiger partial charge >= 0.3 is 0 Å². The van der Waals surface area contributed by atoms with Crippen LogP contribution in [0.25, 0.3) is 0 Å². The minimum absolute atomic E-state index is 0.124. The summed E-state index contributed by atoms with van der Waals surface area (Å²) in [5.74, 6) is -3.08. The minimum Gasteiger partial charge on any atom is -0.550 e. The molecule has 0 spiro atoms. The van der Waals surface area contributed by atoms with Crippen LogP contribution in [0.3, 0.4) is 0 Å². The van der Waals surface area contributed by atoms with E-state index in [1.54, 1.807) is 13.0 Å². The maximum Gasteiger partial charge on any atom is 0.271 e. The number of nitro benzene ring substituents is 1. The largest absolute Gasteiger partial charge is 0.550 e. The number of nitrogens with zero attached hydrogens (tertiary/aromatic N) is 1. The van der Waals surface area contributed by atoms with Crippen LogP contribution >= 0.6 is 0 Å². The average molecular weight is 305 g/mol. The van der Waals surface area contributed by atoms with Gasteiger partial charge in [0.1, 0.15) is 0 Å². The van der Waals surface area contributed by atoms with Gasteiger partial charge in [-0.25, -0.2) is 0 Å². The molecule has 1 amide bonds. The van der Waals surface area contributed by atoms with E-state index < -0.39 is 28.6 Å². The molecule has 7 heteroatoms. The van der Waals surface area contributed by atoms with Crippen LogP contribution in [0.5, 0.6) is 0 Å². The number of benzene rings is 1. The quantitative estimate of drug-likeness (QED) is 0.667. The number of nitrogens with one attached hydrogen (secondary N) is 1. The van der Waals surface area contributed by atoms with Crippen molar-refractivity contribution in [3.05, 3.63) is 33.9 Å². The summed E-state index contributed by atoms with van der Waals surface area (Å²) in [5.41, 5.74) is 0.891. The van der Waals surface area contributed by atoms with Gasteiger partial charge in [0.25, 0.3) is 5.69 Å². The molecular formula is C15H17N2O5-. The second-order valence-corrected chi connectivity index (χ2v) is 5.56. The van der Waals surface area contributed by atoms with Gasteiger partial charge < -0.3 is 15.2 Å². The smallest absolute Gasteiger partial charge is 0.271 e. The van der Waals surface area contributed by atoms with Crippen LogP contribution in [0.15, 0.2) is 18.2 Å². The van der Waals surface area contributed by atoms with Gasteiger partial charge in [-0.15, -0.1) is 0 Å². The van der Waals surface area contributed by atoms with Gasteiger partial charge in [0.2, 0.25) is 5.91 Å². The fraction of sp³-hybridized carbons (Fsp3) is 0.467. The molecule has 0 unspecified atom stereocenters. The van der Waals surface area contributed by atoms with Gasteiger partial charge in [0.05, 0.1) is 10.6 Å². The Morgan fingerprint density at radius 2 is 1.86 bits per heavy atom. The number of carboxylic acids is 1. The summed E-state index contributed by atoms with van der Waals surface area (Å²) < 4.78 is 0. The zero-order valence-corrected chi connectivity index (χ0v) is 12.2. The van der Waals surface area contributed by atoms with E-state index in [9.17, 15) is 24.8 Å². The van der Waals surface area contributed by atoms with Crippen molar-refractivity contribution in [1.29, 1.82) is 0 Å². The molecule has 2 atom stereocenters. The molecule has 1 saturated carbocycles. The molecule has 1 aliphatic rings. The first-order valence-corrected chi connectivity index (χ1v) is 7.17. The van der Waals surface area contributed by atoms with Gasteiger partial charge in [-0.2, -0.15) is 0 Å². The number of amides is 1. The van der Waals surface area contributed by atoms with Gasteiger partial charge in [0, 0.05) is 29.9 Å². The minimum atomic E-state index is -1.21. The molecule has 1 aromatic carbocycles. The van der Waals surface area contributed by atoms with Crippen LogP contribution in [0.4, 0.5) is 11.4 Å². The number of aryl methyl sites for hydroxylation is 1. The molecule has 1 aliphatic carbocycles. The number of nitro groups is 1. The molecule has 0 heterocycles. The van der Waals surface area contributed by atoms with E-state index in [4.69, 9.17) is 0 Å². The lowest BCUT2D eigenvalue weighted by Crippen LogP contribution is -2.42. The Morgan fingerprint density at radius 1 is 1.23 bits per heavy atom. The summed E-state index contributed by atoms with van der Waals surface area (Å²) in [6.45, 7) is 1.72. The Morgan fingerprint density at radius 3 is 2.45 bits per heavy atom. The Kier molecular flexibility index (Phi) is 4.75. The SMILES string of the molecule is Cc1ccc([N+](=O)[O-])cc1NC(=O)[C@H]1CCCC[C@@H]1C(=O)[O-]. The lowest BCUT2D eigenvalue weighted by molar-refractivity contribution is -0.384. The number of carboxylic acid groups (broad SMARTS) is 1. The Labute approximate surface area is 127 Å². The molecule has 0 aromatic heterocycles. The normalized spacial score (nSPS) is 21.1. The van der Waals surface area contributed by atoms with E-state index >= 15 is 0 Å². The predicted molar refractivity (Wildman–Crippen MR) is 76.9 cm³/mol. The number of anilines is 1. The van der Waals surface area contributed by atoms with Gasteiger partial charge in [-0.3, -0.25) is 14.9 Å². The van der Waals surface area contributed by atoms with Crippen molar-refractivity contribution in [2.24, 2.45) is 11.8 Å². The van der Waals surface area contributed by atoms with E-state index in [1.165, 1.54) is 12.1 Å². The second-order valence-electron chi connectivity index (χ2n) is 5.56. The number of carbonyl (C=O) groups excluding carboxylic acids is 2. The Hall–Kier alpha value is -2.44. The monoisotopic (exact) mass is 305 g/mol. The first-order valence-electron chi connectivity index (χ1n) is 7.17. The second kappa shape index (κ2) is 6.55. The maximum atomic E-state index is 12.3. The highest BCUT2D eigenvalue weighted by molar-refractivity contribution is 5.95. The summed E-state index contributed by atoms with van der Waals surface area (Å²) in [6, 6.07) is 4.19. The summed E-state index contributed by atoms with van der Waals surface area (Å²) in [7, 11) is 0. The summed E-state index contributed by atoms with van der Waals surface area (Å²) in [6.07, 6.45) is 2.46. The van der Waals surface area contributed by atoms with E-state index in [2.05, 4.69) is 5.32 Å². The molecule has 1 aromatic rings. The molecule has 118 valence electrons. The Balaban J connectivity index is 2.19. The molecule has 2 rings (SSSR count). The average Bonchev–Trinajstić information content (AvgIpc) is 2.49. The fourth-order valence-electron chi connectivity index (χ4n) is 2.81. The number of hydrogen-bond donors (Lipinski definition) is 1. The zero-order valence-electron chi connectivity index (χ0n) is 12.2. The first-order chi connectivity index (χ1) is 10.4. The molecule has 0 bridgehead atoms. The summed E-state index contributed by atoms with van der Waals surface area (Å²) in [5, 5.41) is 24.6. The maximum absolute atomic E-state index is 12.3. The number of carbonyl (C=O) groups is 2. The predicted octanol–water partition coefficient (Wildman–Crippen LogP) is 1.40. The standard InChI is InChI=1S/C15H18N2O5/c1-9-6-7-10(17(21)22)8-13(9)16-14(18)11-4-2-3-5-12(11)15(19)20/h6-8,11-12H,2-5H2,1H3,(H,16,18)(H,19,20)/p-1/t11-,12-/m0/s1. The number of rotatable bonds is 4. The number of hydrogen-bond acceptors (Lipinski definition) is 5. The molecular weight excluding hydrogens is 288 g/mol. The third kappa shape index (κ3) is 3.41.